The molecule has 0 aliphatic heterocycles. The number of nitrogens with one attached hydrogen (secondary N) is 1. The number of H-pyrrole nitrogens is 1. The smallest absolute Gasteiger partial charge is 0.269 e. The van der Waals surface area contributed by atoms with E-state index in [2.05, 4.69) is 22.1 Å². The van der Waals surface area contributed by atoms with Gasteiger partial charge in [-0.05, 0) is 35.7 Å². The van der Waals surface area contributed by atoms with Gasteiger partial charge in [0.2, 0.25) is 0 Å². The molecule has 5 heteroatoms. The van der Waals surface area contributed by atoms with Crippen LogP contribution in [0, 0.1) is 0 Å². The van der Waals surface area contributed by atoms with Gasteiger partial charge >= 0.3 is 0 Å². The third-order valence-electron chi connectivity index (χ3n) is 3.84. The predicted molar refractivity (Wildman–Crippen MR) is 89.9 cm³/mol. The van der Waals surface area contributed by atoms with Gasteiger partial charge in [0.25, 0.3) is 5.56 Å². The van der Waals surface area contributed by atoms with E-state index in [0.717, 1.165) is 12.0 Å². The van der Waals surface area contributed by atoms with Crippen molar-refractivity contribution >= 4 is 0 Å². The molecule has 2 aromatic heterocycles. The van der Waals surface area contributed by atoms with Gasteiger partial charge in [0.15, 0.2) is 0 Å². The minimum Gasteiger partial charge on any atom is -0.320 e. The highest BCUT2D eigenvalue weighted by Gasteiger charge is 2.15. The van der Waals surface area contributed by atoms with Gasteiger partial charge in [-0.2, -0.15) is 5.10 Å². The van der Waals surface area contributed by atoms with Gasteiger partial charge in [-0.3, -0.25) is 9.78 Å². The van der Waals surface area contributed by atoms with E-state index in [9.17, 15) is 4.79 Å². The maximum absolute atomic E-state index is 12.1. The minimum absolute atomic E-state index is 0.281. The Bertz CT molecular complexity index is 841. The molecule has 3 rings (SSSR count). The molecule has 0 aliphatic carbocycles. The first-order chi connectivity index (χ1) is 11.2. The minimum atomic E-state index is -0.505. The highest BCUT2D eigenvalue weighted by Crippen LogP contribution is 2.20. The van der Waals surface area contributed by atoms with Crippen LogP contribution in [0.4, 0.5) is 0 Å². The average molecular weight is 306 g/mol. The molecular formula is C18H18N4O. The molecule has 2 heterocycles. The predicted octanol–water partition coefficient (Wildman–Crippen LogP) is 2.44. The molecule has 0 amide bonds. The van der Waals surface area contributed by atoms with E-state index in [1.807, 2.05) is 42.5 Å². The number of aromatic nitrogens is 3. The number of hydrogen-bond donors (Lipinski definition) is 2. The van der Waals surface area contributed by atoms with Gasteiger partial charge in [-0.1, -0.05) is 37.3 Å². The molecule has 3 N–H and O–H groups in total. The Hall–Kier alpha value is -2.79. The normalized spacial score (nSPS) is 12.1. The molecule has 0 saturated heterocycles. The van der Waals surface area contributed by atoms with Crippen LogP contribution in [0.25, 0.3) is 11.4 Å². The molecule has 0 radical (unpaired) electrons. The monoisotopic (exact) mass is 306 g/mol. The van der Waals surface area contributed by atoms with Gasteiger partial charge in [-0.15, -0.1) is 0 Å². The molecule has 3 aromatic rings. The summed E-state index contributed by atoms with van der Waals surface area (Å²) in [6.45, 7) is 2.10. The maximum atomic E-state index is 12.1. The first-order valence-electron chi connectivity index (χ1n) is 7.54. The molecule has 0 saturated carbocycles. The van der Waals surface area contributed by atoms with E-state index >= 15 is 0 Å². The van der Waals surface area contributed by atoms with Gasteiger partial charge in [0, 0.05) is 11.8 Å². The number of rotatable bonds is 4. The van der Waals surface area contributed by atoms with Gasteiger partial charge in [-0.25, -0.2) is 5.10 Å². The second kappa shape index (κ2) is 6.54. The summed E-state index contributed by atoms with van der Waals surface area (Å²) in [4.78, 5) is 16.4. The van der Waals surface area contributed by atoms with Crippen molar-refractivity contribution < 1.29 is 0 Å². The van der Waals surface area contributed by atoms with Crippen molar-refractivity contribution in [1.82, 2.24) is 15.2 Å². The summed E-state index contributed by atoms with van der Waals surface area (Å²) in [6.07, 6.45) is 2.65. The topological polar surface area (TPSA) is 84.7 Å². The number of aryl methyl sites for hydroxylation is 1. The molecule has 23 heavy (non-hydrogen) atoms. The van der Waals surface area contributed by atoms with Gasteiger partial charge in [0.1, 0.15) is 5.69 Å². The molecule has 0 bridgehead atoms. The summed E-state index contributed by atoms with van der Waals surface area (Å²) >= 11 is 0. The van der Waals surface area contributed by atoms with Crippen LogP contribution in [0.3, 0.4) is 0 Å². The van der Waals surface area contributed by atoms with Crippen LogP contribution in [0.5, 0.6) is 0 Å². The fraction of sp³-hybridized carbons (Fsp3) is 0.167. The molecule has 0 aliphatic rings. The Morgan fingerprint density at radius 2 is 1.91 bits per heavy atom. The van der Waals surface area contributed by atoms with Crippen molar-refractivity contribution in [1.29, 1.82) is 0 Å². The van der Waals surface area contributed by atoms with E-state index in [4.69, 9.17) is 5.73 Å². The third kappa shape index (κ3) is 3.19. The van der Waals surface area contributed by atoms with E-state index in [1.165, 1.54) is 5.56 Å². The highest BCUT2D eigenvalue weighted by atomic mass is 16.1. The zero-order chi connectivity index (χ0) is 16.2. The van der Waals surface area contributed by atoms with Crippen LogP contribution in [0.2, 0.25) is 0 Å². The van der Waals surface area contributed by atoms with Crippen LogP contribution in [-0.4, -0.2) is 15.2 Å². The van der Waals surface area contributed by atoms with Crippen molar-refractivity contribution in [2.45, 2.75) is 19.4 Å². The van der Waals surface area contributed by atoms with E-state index in [1.54, 1.807) is 12.3 Å². The quantitative estimate of drug-likeness (QED) is 0.775. The fourth-order valence-corrected chi connectivity index (χ4v) is 2.44. The highest BCUT2D eigenvalue weighted by molar-refractivity contribution is 5.54. The molecule has 116 valence electrons. The number of pyridine rings is 1. The average Bonchev–Trinajstić information content (AvgIpc) is 2.62. The molecule has 0 spiro atoms. The van der Waals surface area contributed by atoms with Crippen LogP contribution in [0.15, 0.2) is 59.5 Å². The van der Waals surface area contributed by atoms with Crippen LogP contribution < -0.4 is 11.3 Å². The van der Waals surface area contributed by atoms with Crippen molar-refractivity contribution in [3.05, 3.63) is 81.8 Å². The Balaban J connectivity index is 1.99. The summed E-state index contributed by atoms with van der Waals surface area (Å²) in [5.41, 5.74) is 9.90. The molecule has 1 atom stereocenters. The number of nitrogens with two attached hydrogens (primary N) is 1. The SMILES string of the molecule is CCc1ccc(C(N)c2cc(-c3ccccn3)n[nH]c2=O)cc1. The number of nitrogens with zero attached hydrogens (tertiary/aromatic N) is 2. The van der Waals surface area contributed by atoms with Crippen LogP contribution >= 0.6 is 0 Å². The lowest BCUT2D eigenvalue weighted by atomic mass is 9.98. The largest absolute Gasteiger partial charge is 0.320 e. The van der Waals surface area contributed by atoms with Crippen LogP contribution in [-0.2, 0) is 6.42 Å². The second-order valence-corrected chi connectivity index (χ2v) is 5.33. The number of hydrogen-bond acceptors (Lipinski definition) is 4. The third-order valence-corrected chi connectivity index (χ3v) is 3.84. The fourth-order valence-electron chi connectivity index (χ4n) is 2.44. The zero-order valence-electron chi connectivity index (χ0n) is 12.9. The van der Waals surface area contributed by atoms with Crippen LogP contribution in [0.1, 0.15) is 29.7 Å². The standard InChI is InChI=1S/C18H18N4O/c1-2-12-6-8-13(9-7-12)17(19)14-11-16(21-22-18(14)23)15-5-3-4-10-20-15/h3-11,17H,2,19H2,1H3,(H,22,23). The Morgan fingerprint density at radius 1 is 1.13 bits per heavy atom. The van der Waals surface area contributed by atoms with E-state index < -0.39 is 6.04 Å². The maximum Gasteiger partial charge on any atom is 0.269 e. The molecule has 1 aromatic carbocycles. The molecule has 0 fully saturated rings. The summed E-state index contributed by atoms with van der Waals surface area (Å²) < 4.78 is 0. The first-order valence-corrected chi connectivity index (χ1v) is 7.54. The number of aromatic amines is 1. The van der Waals surface area contributed by atoms with Gasteiger partial charge in [0.05, 0.1) is 11.7 Å². The van der Waals surface area contributed by atoms with Crippen molar-refractivity contribution in [2.24, 2.45) is 5.73 Å². The summed E-state index contributed by atoms with van der Waals surface area (Å²) in [7, 11) is 0. The Labute approximate surface area is 134 Å². The summed E-state index contributed by atoms with van der Waals surface area (Å²) in [5, 5.41) is 6.57. The lowest BCUT2D eigenvalue weighted by molar-refractivity contribution is 0.826. The first kappa shape index (κ1) is 15.1. The Morgan fingerprint density at radius 3 is 2.57 bits per heavy atom. The van der Waals surface area contributed by atoms with E-state index in [-0.39, 0.29) is 5.56 Å². The molecule has 1 unspecified atom stereocenters. The lowest BCUT2D eigenvalue weighted by Gasteiger charge is -2.13. The number of benzene rings is 1. The van der Waals surface area contributed by atoms with Crippen molar-refractivity contribution in [2.75, 3.05) is 0 Å². The van der Waals surface area contributed by atoms with Crippen molar-refractivity contribution in [3.8, 4) is 11.4 Å². The molecular weight excluding hydrogens is 288 g/mol. The van der Waals surface area contributed by atoms with E-state index in [0.29, 0.717) is 17.0 Å². The summed E-state index contributed by atoms with van der Waals surface area (Å²) in [5.74, 6) is 0. The van der Waals surface area contributed by atoms with Crippen molar-refractivity contribution in [3.63, 3.8) is 0 Å². The van der Waals surface area contributed by atoms with Gasteiger partial charge < -0.3 is 5.73 Å². The Kier molecular flexibility index (Phi) is 4.30. The second-order valence-electron chi connectivity index (χ2n) is 5.33. The molecule has 5 nitrogen and oxygen atoms in total. The summed E-state index contributed by atoms with van der Waals surface area (Å²) in [6, 6.07) is 14.7. The lowest BCUT2D eigenvalue weighted by Crippen LogP contribution is -2.23. The zero-order valence-corrected chi connectivity index (χ0v) is 12.9.